The number of urea groups is 1. The SMILES string of the molecule is CC(NC(=O)N1CCCC(CC(=O)O)C1)C1CCCO1. The number of piperidine rings is 1. The quantitative estimate of drug-likeness (QED) is 0.819. The number of ether oxygens (including phenoxy) is 1. The zero-order chi connectivity index (χ0) is 14.5. The topological polar surface area (TPSA) is 78.9 Å². The molecule has 3 unspecified atom stereocenters. The Morgan fingerprint density at radius 1 is 1.40 bits per heavy atom. The molecule has 0 aromatic rings. The van der Waals surface area contributed by atoms with Crippen LogP contribution in [0, 0.1) is 5.92 Å². The Labute approximate surface area is 119 Å². The van der Waals surface area contributed by atoms with E-state index in [0.717, 1.165) is 32.3 Å². The van der Waals surface area contributed by atoms with Gasteiger partial charge >= 0.3 is 12.0 Å². The largest absolute Gasteiger partial charge is 0.481 e. The molecule has 0 saturated carbocycles. The lowest BCUT2D eigenvalue weighted by Gasteiger charge is -2.33. The zero-order valence-corrected chi connectivity index (χ0v) is 12.0. The fourth-order valence-corrected chi connectivity index (χ4v) is 3.04. The van der Waals surface area contributed by atoms with Crippen LogP contribution in [0.15, 0.2) is 0 Å². The van der Waals surface area contributed by atoms with Crippen LogP contribution in [0.1, 0.15) is 39.0 Å². The third-order valence-corrected chi connectivity index (χ3v) is 4.14. The zero-order valence-electron chi connectivity index (χ0n) is 12.0. The standard InChI is InChI=1S/C14H24N2O4/c1-10(12-5-3-7-20-12)15-14(19)16-6-2-4-11(9-16)8-13(17)18/h10-12H,2-9H2,1H3,(H,15,19)(H,17,18). The molecule has 2 saturated heterocycles. The van der Waals surface area contributed by atoms with E-state index in [4.69, 9.17) is 9.84 Å². The Kier molecular flexibility index (Phi) is 5.23. The lowest BCUT2D eigenvalue weighted by Crippen LogP contribution is -2.50. The molecule has 2 heterocycles. The predicted octanol–water partition coefficient (Wildman–Crippen LogP) is 1.45. The summed E-state index contributed by atoms with van der Waals surface area (Å²) in [6.07, 6.45) is 4.05. The summed E-state index contributed by atoms with van der Waals surface area (Å²) >= 11 is 0. The van der Waals surface area contributed by atoms with Crippen molar-refractivity contribution in [3.05, 3.63) is 0 Å². The normalized spacial score (nSPS) is 28.1. The molecule has 2 amide bonds. The maximum absolute atomic E-state index is 12.2. The highest BCUT2D eigenvalue weighted by Crippen LogP contribution is 2.20. The van der Waals surface area contributed by atoms with Crippen LogP contribution in [0.2, 0.25) is 0 Å². The number of amides is 2. The molecular formula is C14H24N2O4. The number of hydrogen-bond donors (Lipinski definition) is 2. The third kappa shape index (κ3) is 4.10. The molecule has 3 atom stereocenters. The summed E-state index contributed by atoms with van der Waals surface area (Å²) < 4.78 is 5.57. The number of rotatable bonds is 4. The number of carbonyl (C=O) groups excluding carboxylic acids is 1. The summed E-state index contributed by atoms with van der Waals surface area (Å²) in [6, 6.07) is -0.0899. The Bertz CT molecular complexity index is 355. The molecule has 114 valence electrons. The van der Waals surface area contributed by atoms with Crippen LogP contribution in [0.3, 0.4) is 0 Å². The summed E-state index contributed by atoms with van der Waals surface area (Å²) in [7, 11) is 0. The smallest absolute Gasteiger partial charge is 0.317 e. The van der Waals surface area contributed by atoms with Crippen LogP contribution in [0.5, 0.6) is 0 Å². The van der Waals surface area contributed by atoms with Gasteiger partial charge in [-0.3, -0.25) is 4.79 Å². The van der Waals surface area contributed by atoms with Gasteiger partial charge in [0.05, 0.1) is 12.1 Å². The molecule has 2 rings (SSSR count). The summed E-state index contributed by atoms with van der Waals surface area (Å²) in [5, 5.41) is 11.8. The summed E-state index contributed by atoms with van der Waals surface area (Å²) in [5.74, 6) is -0.713. The minimum atomic E-state index is -0.787. The minimum absolute atomic E-state index is 0.00449. The van der Waals surface area contributed by atoms with E-state index in [1.807, 2.05) is 6.92 Å². The molecule has 2 N–H and O–H groups in total. The Balaban J connectivity index is 1.80. The monoisotopic (exact) mass is 284 g/mol. The molecule has 2 fully saturated rings. The van der Waals surface area contributed by atoms with Crippen molar-refractivity contribution in [3.63, 3.8) is 0 Å². The van der Waals surface area contributed by atoms with Gasteiger partial charge in [-0.2, -0.15) is 0 Å². The summed E-state index contributed by atoms with van der Waals surface area (Å²) in [6.45, 7) is 3.98. The second-order valence-corrected chi connectivity index (χ2v) is 5.84. The van der Waals surface area contributed by atoms with E-state index in [9.17, 15) is 9.59 Å². The van der Waals surface area contributed by atoms with Crippen LogP contribution >= 0.6 is 0 Å². The molecule has 20 heavy (non-hydrogen) atoms. The number of nitrogens with one attached hydrogen (secondary N) is 1. The summed E-state index contributed by atoms with van der Waals surface area (Å²) in [4.78, 5) is 24.7. The number of nitrogens with zero attached hydrogens (tertiary/aromatic N) is 1. The van der Waals surface area contributed by atoms with Crippen molar-refractivity contribution in [2.24, 2.45) is 5.92 Å². The molecular weight excluding hydrogens is 260 g/mol. The van der Waals surface area contributed by atoms with Crippen molar-refractivity contribution >= 4 is 12.0 Å². The molecule has 2 aliphatic heterocycles. The molecule has 0 aliphatic carbocycles. The fraction of sp³-hybridized carbons (Fsp3) is 0.857. The first-order valence-electron chi connectivity index (χ1n) is 7.45. The number of hydrogen-bond acceptors (Lipinski definition) is 3. The second-order valence-electron chi connectivity index (χ2n) is 5.84. The fourth-order valence-electron chi connectivity index (χ4n) is 3.04. The molecule has 0 bridgehead atoms. The third-order valence-electron chi connectivity index (χ3n) is 4.14. The Morgan fingerprint density at radius 2 is 2.20 bits per heavy atom. The molecule has 2 aliphatic rings. The first-order chi connectivity index (χ1) is 9.56. The lowest BCUT2D eigenvalue weighted by atomic mass is 9.95. The lowest BCUT2D eigenvalue weighted by molar-refractivity contribution is -0.138. The van der Waals surface area contributed by atoms with Crippen molar-refractivity contribution < 1.29 is 19.4 Å². The molecule has 0 spiro atoms. The van der Waals surface area contributed by atoms with Crippen LogP contribution in [-0.2, 0) is 9.53 Å². The number of aliphatic carboxylic acids is 1. The Morgan fingerprint density at radius 3 is 2.85 bits per heavy atom. The van der Waals surface area contributed by atoms with Crippen molar-refractivity contribution in [2.75, 3.05) is 19.7 Å². The molecule has 0 radical (unpaired) electrons. The van der Waals surface area contributed by atoms with Crippen molar-refractivity contribution in [1.29, 1.82) is 0 Å². The van der Waals surface area contributed by atoms with Crippen molar-refractivity contribution in [3.8, 4) is 0 Å². The van der Waals surface area contributed by atoms with Crippen molar-refractivity contribution in [2.45, 2.75) is 51.2 Å². The average Bonchev–Trinajstić information content (AvgIpc) is 2.92. The minimum Gasteiger partial charge on any atom is -0.481 e. The van der Waals surface area contributed by atoms with Gasteiger partial charge in [-0.25, -0.2) is 4.79 Å². The van der Waals surface area contributed by atoms with E-state index < -0.39 is 5.97 Å². The first kappa shape index (κ1) is 15.1. The molecule has 0 aromatic heterocycles. The number of carbonyl (C=O) groups is 2. The van der Waals surface area contributed by atoms with Gasteiger partial charge in [-0.15, -0.1) is 0 Å². The van der Waals surface area contributed by atoms with E-state index >= 15 is 0 Å². The number of carboxylic acids is 1. The highest BCUT2D eigenvalue weighted by atomic mass is 16.5. The van der Waals surface area contributed by atoms with E-state index in [-0.39, 0.29) is 30.5 Å². The van der Waals surface area contributed by atoms with Gasteiger partial charge in [0, 0.05) is 26.1 Å². The van der Waals surface area contributed by atoms with Gasteiger partial charge in [0.25, 0.3) is 0 Å². The van der Waals surface area contributed by atoms with Crippen LogP contribution < -0.4 is 5.32 Å². The van der Waals surface area contributed by atoms with Gasteiger partial charge < -0.3 is 20.1 Å². The molecule has 6 nitrogen and oxygen atoms in total. The van der Waals surface area contributed by atoms with Gasteiger partial charge in [0.1, 0.15) is 0 Å². The van der Waals surface area contributed by atoms with E-state index in [1.54, 1.807) is 4.90 Å². The van der Waals surface area contributed by atoms with Crippen LogP contribution in [0.4, 0.5) is 4.79 Å². The number of carboxylic acid groups (broad SMARTS) is 1. The van der Waals surface area contributed by atoms with Gasteiger partial charge in [0.2, 0.25) is 0 Å². The highest BCUT2D eigenvalue weighted by Gasteiger charge is 2.28. The van der Waals surface area contributed by atoms with Crippen LogP contribution in [-0.4, -0.2) is 53.8 Å². The average molecular weight is 284 g/mol. The van der Waals surface area contributed by atoms with Crippen molar-refractivity contribution in [1.82, 2.24) is 10.2 Å². The maximum atomic E-state index is 12.2. The molecule has 0 aromatic carbocycles. The Hall–Kier alpha value is -1.30. The highest BCUT2D eigenvalue weighted by molar-refractivity contribution is 5.75. The maximum Gasteiger partial charge on any atom is 0.317 e. The summed E-state index contributed by atoms with van der Waals surface area (Å²) in [5.41, 5.74) is 0. The van der Waals surface area contributed by atoms with Gasteiger partial charge in [0.15, 0.2) is 0 Å². The van der Waals surface area contributed by atoms with Gasteiger partial charge in [-0.1, -0.05) is 0 Å². The van der Waals surface area contributed by atoms with E-state index in [1.165, 1.54) is 0 Å². The first-order valence-corrected chi connectivity index (χ1v) is 7.45. The number of likely N-dealkylation sites (tertiary alicyclic amines) is 1. The van der Waals surface area contributed by atoms with E-state index in [2.05, 4.69) is 5.32 Å². The molecule has 6 heteroatoms. The predicted molar refractivity (Wildman–Crippen MR) is 73.5 cm³/mol. The van der Waals surface area contributed by atoms with Crippen LogP contribution in [0.25, 0.3) is 0 Å². The second kappa shape index (κ2) is 6.92. The van der Waals surface area contributed by atoms with Gasteiger partial charge in [-0.05, 0) is 38.5 Å². The van der Waals surface area contributed by atoms with E-state index in [0.29, 0.717) is 13.1 Å².